The van der Waals surface area contributed by atoms with Gasteiger partial charge in [-0.1, -0.05) is 30.0 Å². The molecule has 1 atom stereocenters. The van der Waals surface area contributed by atoms with Crippen LogP contribution in [0.1, 0.15) is 37.0 Å². The van der Waals surface area contributed by atoms with Crippen molar-refractivity contribution in [2.45, 2.75) is 43.7 Å². The number of rotatable bonds is 7. The van der Waals surface area contributed by atoms with Crippen LogP contribution in [-0.4, -0.2) is 48.8 Å². The molecule has 1 saturated heterocycles. The molecule has 2 fully saturated rings. The second-order valence-electron chi connectivity index (χ2n) is 7.55. The molecule has 2 aliphatic rings. The lowest BCUT2D eigenvalue weighted by atomic mass is 10.2. The van der Waals surface area contributed by atoms with Gasteiger partial charge in [-0.25, -0.2) is 18.1 Å². The summed E-state index contributed by atoms with van der Waals surface area (Å²) in [6.07, 6.45) is 1.70. The van der Waals surface area contributed by atoms with E-state index in [-0.39, 0.29) is 22.9 Å². The van der Waals surface area contributed by atoms with Crippen molar-refractivity contribution >= 4 is 38.5 Å². The maximum Gasteiger partial charge on any atom is 0.260 e. The molecule has 4 rings (SSSR count). The van der Waals surface area contributed by atoms with Crippen molar-refractivity contribution in [2.75, 3.05) is 12.4 Å². The highest BCUT2D eigenvalue weighted by atomic mass is 32.2. The minimum atomic E-state index is -3.64. The van der Waals surface area contributed by atoms with E-state index in [1.165, 1.54) is 23.9 Å². The zero-order chi connectivity index (χ0) is 22.0. The molecule has 1 saturated carbocycles. The molecule has 1 unspecified atom stereocenters. The van der Waals surface area contributed by atoms with E-state index in [4.69, 9.17) is 9.73 Å². The fourth-order valence-electron chi connectivity index (χ4n) is 3.26. The van der Waals surface area contributed by atoms with Crippen LogP contribution >= 0.6 is 11.8 Å². The summed E-state index contributed by atoms with van der Waals surface area (Å²) in [7, 11) is -3.64. The Bertz CT molecular complexity index is 1110. The maximum absolute atomic E-state index is 13.4. The number of hydrogen-bond donors (Lipinski definition) is 1. The fourth-order valence-corrected chi connectivity index (χ4v) is 5.71. The monoisotopic (exact) mass is 459 g/mol. The first-order valence-electron chi connectivity index (χ1n) is 10.3. The van der Waals surface area contributed by atoms with Crippen LogP contribution in [-0.2, 0) is 10.0 Å². The molecule has 7 nitrogen and oxygen atoms in total. The summed E-state index contributed by atoms with van der Waals surface area (Å²) in [4.78, 5) is 19.8. The van der Waals surface area contributed by atoms with Crippen molar-refractivity contribution in [2.24, 2.45) is 4.99 Å². The van der Waals surface area contributed by atoms with Gasteiger partial charge in [0.25, 0.3) is 5.91 Å². The number of sulfonamides is 1. The molecule has 1 amide bonds. The molecule has 31 heavy (non-hydrogen) atoms. The summed E-state index contributed by atoms with van der Waals surface area (Å²) in [6, 6.07) is 13.6. The zero-order valence-electron chi connectivity index (χ0n) is 17.4. The van der Waals surface area contributed by atoms with Gasteiger partial charge in [0.15, 0.2) is 5.17 Å². The van der Waals surface area contributed by atoms with E-state index < -0.39 is 10.0 Å². The highest BCUT2D eigenvalue weighted by Crippen LogP contribution is 2.33. The first-order chi connectivity index (χ1) is 14.9. The molecular weight excluding hydrogens is 434 g/mol. The average molecular weight is 460 g/mol. The number of ether oxygens (including phenoxy) is 1. The SMILES string of the molecule is CCOc1ccccc1N=C1SCC(C)N1C(=O)c1cccc(S(=O)(=O)NC2CC2)c1. The molecule has 9 heteroatoms. The quantitative estimate of drug-likeness (QED) is 0.681. The smallest absolute Gasteiger partial charge is 0.260 e. The molecule has 2 aromatic carbocycles. The first-order valence-corrected chi connectivity index (χ1v) is 12.7. The van der Waals surface area contributed by atoms with Crippen LogP contribution in [0.5, 0.6) is 5.75 Å². The van der Waals surface area contributed by atoms with Crippen molar-refractivity contribution in [3.05, 3.63) is 54.1 Å². The summed E-state index contributed by atoms with van der Waals surface area (Å²) in [5, 5.41) is 0.578. The lowest BCUT2D eigenvalue weighted by Gasteiger charge is -2.21. The van der Waals surface area contributed by atoms with E-state index >= 15 is 0 Å². The Kier molecular flexibility index (Phi) is 6.36. The van der Waals surface area contributed by atoms with E-state index in [0.29, 0.717) is 34.5 Å². The van der Waals surface area contributed by atoms with Crippen LogP contribution < -0.4 is 9.46 Å². The third-order valence-corrected chi connectivity index (χ3v) is 7.70. The summed E-state index contributed by atoms with van der Waals surface area (Å²) in [5.74, 6) is 1.10. The van der Waals surface area contributed by atoms with Crippen molar-refractivity contribution in [1.82, 2.24) is 9.62 Å². The minimum absolute atomic E-state index is 0.00325. The molecular formula is C22H25N3O4S2. The summed E-state index contributed by atoms with van der Waals surface area (Å²) < 4.78 is 33.4. The highest BCUT2D eigenvalue weighted by Gasteiger charge is 2.34. The predicted molar refractivity (Wildman–Crippen MR) is 123 cm³/mol. The number of carbonyl (C=O) groups is 1. The number of aliphatic imine (C=N–C) groups is 1. The molecule has 0 bridgehead atoms. The van der Waals surface area contributed by atoms with Gasteiger partial charge in [0.05, 0.1) is 11.5 Å². The Morgan fingerprint density at radius 3 is 2.74 bits per heavy atom. The van der Waals surface area contributed by atoms with E-state index in [2.05, 4.69) is 4.72 Å². The van der Waals surface area contributed by atoms with Crippen LogP contribution in [0.3, 0.4) is 0 Å². The van der Waals surface area contributed by atoms with E-state index in [1.54, 1.807) is 17.0 Å². The van der Waals surface area contributed by atoms with Crippen molar-refractivity contribution in [1.29, 1.82) is 0 Å². The summed E-state index contributed by atoms with van der Waals surface area (Å²) >= 11 is 1.50. The predicted octanol–water partition coefficient (Wildman–Crippen LogP) is 3.79. The van der Waals surface area contributed by atoms with Crippen molar-refractivity contribution < 1.29 is 17.9 Å². The van der Waals surface area contributed by atoms with Crippen molar-refractivity contribution in [3.63, 3.8) is 0 Å². The number of amides is 1. The normalized spacial score (nSPS) is 20.3. The number of benzene rings is 2. The fraction of sp³-hybridized carbons (Fsp3) is 0.364. The standard InChI is InChI=1S/C22H25N3O4S2/c1-3-29-20-10-5-4-9-19(20)23-22-25(15(2)14-30-22)21(26)16-7-6-8-18(13-16)31(27,28)24-17-11-12-17/h4-10,13,15,17,24H,3,11-12,14H2,1-2H3. The van der Waals surface area contributed by atoms with Crippen molar-refractivity contribution in [3.8, 4) is 5.75 Å². The largest absolute Gasteiger partial charge is 0.492 e. The van der Waals surface area contributed by atoms with E-state index in [0.717, 1.165) is 12.8 Å². The third-order valence-electron chi connectivity index (χ3n) is 4.99. The Hall–Kier alpha value is -2.36. The van der Waals surface area contributed by atoms with Gasteiger partial charge in [-0.15, -0.1) is 0 Å². The Morgan fingerprint density at radius 2 is 2.00 bits per heavy atom. The van der Waals surface area contributed by atoms with E-state index in [1.807, 2.05) is 38.1 Å². The Labute approximate surface area is 186 Å². The third kappa shape index (κ3) is 4.94. The Balaban J connectivity index is 1.63. The molecule has 0 radical (unpaired) electrons. The molecule has 0 spiro atoms. The number of hydrogen-bond acceptors (Lipinski definition) is 6. The molecule has 1 aliphatic heterocycles. The van der Waals surface area contributed by atoms with Crippen LogP contribution in [0.2, 0.25) is 0 Å². The molecule has 1 aliphatic carbocycles. The number of carbonyl (C=O) groups excluding carboxylic acids is 1. The van der Waals surface area contributed by atoms with Crippen LogP contribution in [0.25, 0.3) is 0 Å². The topological polar surface area (TPSA) is 88.1 Å². The van der Waals surface area contributed by atoms with Gasteiger partial charge in [0, 0.05) is 23.4 Å². The van der Waals surface area contributed by atoms with Crippen LogP contribution in [0, 0.1) is 0 Å². The summed E-state index contributed by atoms with van der Waals surface area (Å²) in [6.45, 7) is 4.38. The second kappa shape index (κ2) is 9.02. The minimum Gasteiger partial charge on any atom is -0.492 e. The Morgan fingerprint density at radius 1 is 1.23 bits per heavy atom. The second-order valence-corrected chi connectivity index (χ2v) is 10.3. The average Bonchev–Trinajstić information content (AvgIpc) is 3.49. The number of para-hydroxylation sites is 2. The van der Waals surface area contributed by atoms with Gasteiger partial charge in [-0.3, -0.25) is 9.69 Å². The molecule has 2 aromatic rings. The van der Waals surface area contributed by atoms with Gasteiger partial charge in [-0.05, 0) is 57.0 Å². The highest BCUT2D eigenvalue weighted by molar-refractivity contribution is 8.14. The summed E-state index contributed by atoms with van der Waals surface area (Å²) in [5.41, 5.74) is 0.975. The van der Waals surface area contributed by atoms with Gasteiger partial charge in [0.1, 0.15) is 11.4 Å². The first kappa shape index (κ1) is 21.9. The van der Waals surface area contributed by atoms with Crippen LogP contribution in [0.15, 0.2) is 58.4 Å². The lowest BCUT2D eigenvalue weighted by Crippen LogP contribution is -2.37. The van der Waals surface area contributed by atoms with Gasteiger partial charge in [0.2, 0.25) is 10.0 Å². The number of nitrogens with one attached hydrogen (secondary N) is 1. The molecule has 1 heterocycles. The zero-order valence-corrected chi connectivity index (χ0v) is 19.1. The number of nitrogens with zero attached hydrogens (tertiary/aromatic N) is 2. The number of amidine groups is 1. The van der Waals surface area contributed by atoms with Gasteiger partial charge >= 0.3 is 0 Å². The van der Waals surface area contributed by atoms with Gasteiger partial charge in [-0.2, -0.15) is 0 Å². The van der Waals surface area contributed by atoms with Gasteiger partial charge < -0.3 is 4.74 Å². The molecule has 164 valence electrons. The molecule has 0 aromatic heterocycles. The van der Waals surface area contributed by atoms with E-state index in [9.17, 15) is 13.2 Å². The maximum atomic E-state index is 13.4. The molecule has 1 N–H and O–H groups in total. The number of thioether (sulfide) groups is 1. The lowest BCUT2D eigenvalue weighted by molar-refractivity contribution is 0.0828. The van der Waals surface area contributed by atoms with Crippen LogP contribution in [0.4, 0.5) is 5.69 Å².